The number of hydrogen-bond acceptors (Lipinski definition) is 7. The summed E-state index contributed by atoms with van der Waals surface area (Å²) in [5.41, 5.74) is 11.3. The van der Waals surface area contributed by atoms with Crippen molar-refractivity contribution >= 4 is 40.4 Å². The number of alkyl halides is 3. The maximum atomic E-state index is 14.0. The van der Waals surface area contributed by atoms with Crippen molar-refractivity contribution in [2.24, 2.45) is 0 Å². The number of amides is 1. The second-order valence-corrected chi connectivity index (χ2v) is 9.34. The number of nitrogens with one attached hydrogen (secondary N) is 2. The summed E-state index contributed by atoms with van der Waals surface area (Å²) >= 11 is 0. The van der Waals surface area contributed by atoms with Gasteiger partial charge in [-0.3, -0.25) is 20.4 Å². The highest BCUT2D eigenvalue weighted by atomic mass is 19.4. The standard InChI is InChI=1S/C31H24F3N5O3/c32-31(33,34)26-17-22(20-6-8-21(9-7-20)30(41)39-38-28-3-1-2-14-36-28)15-23-16-25(42-29(23)26)12-11-24(40)10-4-19-5-13-27(35)37-18-19/h1-10,13-18H,11-12H2,(H2,35,37)(H,36,38)(H,39,41)/b10-4+. The Hall–Kier alpha value is -5.45. The number of rotatable bonds is 9. The number of allylic oxidation sites excluding steroid dienone is 1. The molecule has 1 amide bonds. The van der Waals surface area contributed by atoms with Crippen LogP contribution in [0.1, 0.15) is 33.7 Å². The van der Waals surface area contributed by atoms with Gasteiger partial charge in [-0.25, -0.2) is 9.97 Å². The summed E-state index contributed by atoms with van der Waals surface area (Å²) in [5, 5.41) is 0.257. The molecule has 0 aliphatic rings. The lowest BCUT2D eigenvalue weighted by molar-refractivity contribution is -0.136. The van der Waals surface area contributed by atoms with Crippen LogP contribution in [0.25, 0.3) is 28.2 Å². The number of ketones is 1. The predicted octanol–water partition coefficient (Wildman–Crippen LogP) is 6.46. The zero-order valence-corrected chi connectivity index (χ0v) is 22.0. The molecule has 5 rings (SSSR count). The van der Waals surface area contributed by atoms with E-state index in [4.69, 9.17) is 10.2 Å². The Morgan fingerprint density at radius 2 is 1.76 bits per heavy atom. The van der Waals surface area contributed by atoms with Gasteiger partial charge in [-0.15, -0.1) is 0 Å². The Labute approximate surface area is 238 Å². The van der Waals surface area contributed by atoms with Gasteiger partial charge in [0, 0.05) is 36.2 Å². The molecule has 0 atom stereocenters. The van der Waals surface area contributed by atoms with Crippen molar-refractivity contribution in [1.82, 2.24) is 15.4 Å². The number of nitrogens with two attached hydrogens (primary N) is 1. The molecule has 11 heteroatoms. The van der Waals surface area contributed by atoms with Crippen molar-refractivity contribution in [1.29, 1.82) is 0 Å². The monoisotopic (exact) mass is 571 g/mol. The normalized spacial score (nSPS) is 11.6. The molecule has 0 spiro atoms. The number of anilines is 2. The number of nitrogens with zero attached hydrogens (tertiary/aromatic N) is 2. The summed E-state index contributed by atoms with van der Waals surface area (Å²) in [6, 6.07) is 18.8. The molecule has 0 saturated carbocycles. The van der Waals surface area contributed by atoms with E-state index in [1.54, 1.807) is 60.8 Å². The third-order valence-corrected chi connectivity index (χ3v) is 6.31. The number of aromatic nitrogens is 2. The second kappa shape index (κ2) is 12.0. The maximum absolute atomic E-state index is 14.0. The molecule has 2 aromatic carbocycles. The molecule has 0 radical (unpaired) electrons. The molecule has 3 aromatic heterocycles. The molecule has 212 valence electrons. The average Bonchev–Trinajstić information content (AvgIpc) is 3.41. The fraction of sp³-hybridized carbons (Fsp3) is 0.0968. The molecule has 8 nitrogen and oxygen atoms in total. The van der Waals surface area contributed by atoms with Crippen LogP contribution in [0, 0.1) is 0 Å². The van der Waals surface area contributed by atoms with Gasteiger partial charge in [-0.05, 0) is 83.4 Å². The first-order valence-corrected chi connectivity index (χ1v) is 12.8. The van der Waals surface area contributed by atoms with Crippen LogP contribution in [0.3, 0.4) is 0 Å². The Bertz CT molecular complexity index is 1750. The van der Waals surface area contributed by atoms with E-state index in [0.717, 1.165) is 6.07 Å². The first kappa shape index (κ1) is 28.1. The van der Waals surface area contributed by atoms with Crippen molar-refractivity contribution in [2.45, 2.75) is 19.0 Å². The molecule has 42 heavy (non-hydrogen) atoms. The van der Waals surface area contributed by atoms with Crippen LogP contribution in [0.5, 0.6) is 0 Å². The number of benzene rings is 2. The number of furan rings is 1. The van der Waals surface area contributed by atoms with E-state index >= 15 is 0 Å². The van der Waals surface area contributed by atoms with Crippen molar-refractivity contribution in [3.05, 3.63) is 114 Å². The third-order valence-electron chi connectivity index (χ3n) is 6.31. The fourth-order valence-electron chi connectivity index (χ4n) is 4.18. The van der Waals surface area contributed by atoms with Crippen LogP contribution < -0.4 is 16.6 Å². The first-order valence-electron chi connectivity index (χ1n) is 12.8. The number of hydrazine groups is 1. The summed E-state index contributed by atoms with van der Waals surface area (Å²) in [4.78, 5) is 32.8. The van der Waals surface area contributed by atoms with Crippen LogP contribution in [0.4, 0.5) is 24.8 Å². The number of halogens is 3. The minimum atomic E-state index is -4.67. The second-order valence-electron chi connectivity index (χ2n) is 9.34. The summed E-state index contributed by atoms with van der Waals surface area (Å²) < 4.78 is 47.6. The molecule has 0 fully saturated rings. The molecule has 0 aliphatic heterocycles. The number of aryl methyl sites for hydroxylation is 1. The van der Waals surface area contributed by atoms with Crippen LogP contribution in [0.2, 0.25) is 0 Å². The van der Waals surface area contributed by atoms with Gasteiger partial charge < -0.3 is 10.2 Å². The molecular formula is C31H24F3N5O3. The van der Waals surface area contributed by atoms with E-state index in [0.29, 0.717) is 33.9 Å². The lowest BCUT2D eigenvalue weighted by Gasteiger charge is -2.11. The van der Waals surface area contributed by atoms with Crippen LogP contribution >= 0.6 is 0 Å². The quantitative estimate of drug-likeness (QED) is 0.137. The van der Waals surface area contributed by atoms with Gasteiger partial charge in [0.15, 0.2) is 5.78 Å². The van der Waals surface area contributed by atoms with Gasteiger partial charge in [-0.1, -0.05) is 18.2 Å². The molecule has 4 N–H and O–H groups in total. The molecule has 3 heterocycles. The number of pyridine rings is 2. The van der Waals surface area contributed by atoms with E-state index in [1.165, 1.54) is 30.5 Å². The Morgan fingerprint density at radius 1 is 0.952 bits per heavy atom. The average molecular weight is 572 g/mol. The van der Waals surface area contributed by atoms with Crippen molar-refractivity contribution in [3.63, 3.8) is 0 Å². The van der Waals surface area contributed by atoms with Gasteiger partial charge in [0.05, 0.1) is 5.56 Å². The zero-order chi connectivity index (χ0) is 29.7. The topological polar surface area (TPSA) is 123 Å². The Balaban J connectivity index is 1.31. The zero-order valence-electron chi connectivity index (χ0n) is 22.0. The number of carbonyl (C=O) groups is 2. The van der Waals surface area contributed by atoms with Crippen molar-refractivity contribution in [3.8, 4) is 11.1 Å². The molecule has 0 saturated heterocycles. The van der Waals surface area contributed by atoms with Crippen molar-refractivity contribution in [2.75, 3.05) is 11.2 Å². The van der Waals surface area contributed by atoms with Gasteiger partial charge in [0.25, 0.3) is 5.91 Å². The first-order chi connectivity index (χ1) is 20.2. The summed E-state index contributed by atoms with van der Waals surface area (Å²) in [7, 11) is 0. The van der Waals surface area contributed by atoms with Crippen LogP contribution in [0.15, 0.2) is 95.7 Å². The van der Waals surface area contributed by atoms with E-state index in [1.807, 2.05) is 0 Å². The predicted molar refractivity (Wildman–Crippen MR) is 153 cm³/mol. The van der Waals surface area contributed by atoms with Gasteiger partial charge in [0.2, 0.25) is 0 Å². The number of carbonyl (C=O) groups excluding carboxylic acids is 2. The molecular weight excluding hydrogens is 547 g/mol. The van der Waals surface area contributed by atoms with Crippen LogP contribution in [-0.4, -0.2) is 21.7 Å². The molecule has 5 aromatic rings. The Morgan fingerprint density at radius 3 is 2.45 bits per heavy atom. The molecule has 0 aliphatic carbocycles. The lowest BCUT2D eigenvalue weighted by Crippen LogP contribution is -2.29. The van der Waals surface area contributed by atoms with Gasteiger partial charge in [0.1, 0.15) is 23.0 Å². The number of nitrogen functional groups attached to an aromatic ring is 1. The van der Waals surface area contributed by atoms with Gasteiger partial charge in [-0.2, -0.15) is 13.2 Å². The third kappa shape index (κ3) is 6.81. The van der Waals surface area contributed by atoms with Crippen LogP contribution in [-0.2, 0) is 17.4 Å². The molecule has 0 bridgehead atoms. The van der Waals surface area contributed by atoms with E-state index in [-0.39, 0.29) is 35.4 Å². The summed E-state index contributed by atoms with van der Waals surface area (Å²) in [6.45, 7) is 0. The van der Waals surface area contributed by atoms with E-state index in [2.05, 4.69) is 20.8 Å². The van der Waals surface area contributed by atoms with Crippen molar-refractivity contribution < 1.29 is 27.2 Å². The summed E-state index contributed by atoms with van der Waals surface area (Å²) in [5.74, 6) is 0.415. The Kier molecular flexibility index (Phi) is 8.00. The highest BCUT2D eigenvalue weighted by molar-refractivity contribution is 5.96. The van der Waals surface area contributed by atoms with Gasteiger partial charge >= 0.3 is 6.18 Å². The smallest absolute Gasteiger partial charge is 0.420 e. The fourth-order valence-corrected chi connectivity index (χ4v) is 4.18. The number of fused-ring (bicyclic) bond motifs is 1. The number of hydrogen-bond donors (Lipinski definition) is 3. The van der Waals surface area contributed by atoms with E-state index in [9.17, 15) is 22.8 Å². The maximum Gasteiger partial charge on any atom is 0.420 e. The highest BCUT2D eigenvalue weighted by Gasteiger charge is 2.35. The highest BCUT2D eigenvalue weighted by Crippen LogP contribution is 2.39. The largest absolute Gasteiger partial charge is 0.460 e. The lowest BCUT2D eigenvalue weighted by atomic mass is 9.99. The summed E-state index contributed by atoms with van der Waals surface area (Å²) in [6.07, 6.45) is 1.56. The minimum Gasteiger partial charge on any atom is -0.460 e. The SMILES string of the molecule is Nc1ccc(/C=C/C(=O)CCc2cc3cc(-c4ccc(C(=O)NNc5ccccn5)cc4)cc(C(F)(F)F)c3o2)cn1. The minimum absolute atomic E-state index is 0.0473. The molecule has 0 unspecified atom stereocenters. The van der Waals surface area contributed by atoms with E-state index < -0.39 is 17.6 Å².